The predicted octanol–water partition coefficient (Wildman–Crippen LogP) is 3.19. The van der Waals surface area contributed by atoms with Crippen LogP contribution in [-0.4, -0.2) is 11.2 Å². The van der Waals surface area contributed by atoms with Crippen LogP contribution in [0.3, 0.4) is 0 Å². The Labute approximate surface area is 111 Å². The fourth-order valence-corrected chi connectivity index (χ4v) is 2.38. The molecule has 17 heavy (non-hydrogen) atoms. The fraction of sp³-hybridized carbons (Fsp3) is 0.571. The molecule has 1 rings (SSSR count). The van der Waals surface area contributed by atoms with E-state index in [2.05, 4.69) is 39.8 Å². The second-order valence-electron chi connectivity index (χ2n) is 4.69. The molecular weight excluding hydrogens is 234 g/mol. The molecule has 0 spiro atoms. The van der Waals surface area contributed by atoms with Crippen LogP contribution in [0.1, 0.15) is 48.1 Å². The van der Waals surface area contributed by atoms with Gasteiger partial charge in [0.05, 0.1) is 12.1 Å². The van der Waals surface area contributed by atoms with Gasteiger partial charge in [0.1, 0.15) is 0 Å². The van der Waals surface area contributed by atoms with E-state index in [0.717, 1.165) is 18.4 Å². The fourth-order valence-electron chi connectivity index (χ4n) is 2.38. The van der Waals surface area contributed by atoms with E-state index in [1.54, 1.807) is 0 Å². The Bertz CT molecular complexity index is 342. The normalized spacial score (nSPS) is 14.0. The van der Waals surface area contributed by atoms with Crippen LogP contribution in [0.5, 0.6) is 0 Å². The van der Waals surface area contributed by atoms with Crippen LogP contribution >= 0.6 is 12.4 Å². The number of nitrogens with two attached hydrogens (primary N) is 1. The molecule has 0 radical (unpaired) electrons. The zero-order valence-corrected chi connectivity index (χ0v) is 12.0. The summed E-state index contributed by atoms with van der Waals surface area (Å²) in [4.78, 5) is 0. The van der Waals surface area contributed by atoms with E-state index in [-0.39, 0.29) is 18.4 Å². The number of aliphatic hydroxyl groups excluding tert-OH is 1. The van der Waals surface area contributed by atoms with Gasteiger partial charge < -0.3 is 10.8 Å². The Hall–Kier alpha value is -0.570. The summed E-state index contributed by atoms with van der Waals surface area (Å²) >= 11 is 0. The lowest BCUT2D eigenvalue weighted by Crippen LogP contribution is -2.27. The van der Waals surface area contributed by atoms with Crippen molar-refractivity contribution in [3.05, 3.63) is 34.4 Å². The standard InChI is InChI=1S/C14H23NO.ClH/c1-5-6-12(16)14(15)13-10(3)7-9(2)8-11(13)4;/h7-8,12,14,16H,5-6,15H2,1-4H3;1H/t12-,14-;/m1./s1. The summed E-state index contributed by atoms with van der Waals surface area (Å²) in [6.45, 7) is 8.27. The predicted molar refractivity (Wildman–Crippen MR) is 75.7 cm³/mol. The molecule has 3 heteroatoms. The molecule has 0 amide bonds. The first kappa shape index (κ1) is 16.4. The first-order valence-corrected chi connectivity index (χ1v) is 5.98. The van der Waals surface area contributed by atoms with Crippen molar-refractivity contribution in [2.45, 2.75) is 52.7 Å². The molecule has 0 unspecified atom stereocenters. The van der Waals surface area contributed by atoms with Crippen LogP contribution < -0.4 is 5.73 Å². The highest BCUT2D eigenvalue weighted by Gasteiger charge is 2.19. The van der Waals surface area contributed by atoms with Crippen molar-refractivity contribution in [1.82, 2.24) is 0 Å². The average Bonchev–Trinajstić information content (AvgIpc) is 2.16. The van der Waals surface area contributed by atoms with E-state index in [0.29, 0.717) is 0 Å². The smallest absolute Gasteiger partial charge is 0.0732 e. The van der Waals surface area contributed by atoms with Crippen molar-refractivity contribution in [2.75, 3.05) is 0 Å². The molecule has 2 atom stereocenters. The average molecular weight is 258 g/mol. The topological polar surface area (TPSA) is 46.2 Å². The summed E-state index contributed by atoms with van der Waals surface area (Å²) in [5.41, 5.74) is 10.8. The number of aryl methyl sites for hydroxylation is 3. The van der Waals surface area contributed by atoms with Gasteiger partial charge in [-0.25, -0.2) is 0 Å². The van der Waals surface area contributed by atoms with E-state index < -0.39 is 6.10 Å². The highest BCUT2D eigenvalue weighted by molar-refractivity contribution is 5.85. The number of hydrogen-bond acceptors (Lipinski definition) is 2. The Morgan fingerprint density at radius 3 is 2.06 bits per heavy atom. The van der Waals surface area contributed by atoms with Crippen LogP contribution in [0.15, 0.2) is 12.1 Å². The highest BCUT2D eigenvalue weighted by atomic mass is 35.5. The second-order valence-corrected chi connectivity index (χ2v) is 4.69. The van der Waals surface area contributed by atoms with Crippen molar-refractivity contribution >= 4 is 12.4 Å². The maximum Gasteiger partial charge on any atom is 0.0732 e. The van der Waals surface area contributed by atoms with Crippen LogP contribution in [0, 0.1) is 20.8 Å². The van der Waals surface area contributed by atoms with E-state index in [1.165, 1.54) is 16.7 Å². The lowest BCUT2D eigenvalue weighted by atomic mass is 9.90. The molecule has 0 aliphatic rings. The molecule has 0 bridgehead atoms. The van der Waals surface area contributed by atoms with Crippen molar-refractivity contribution in [2.24, 2.45) is 5.73 Å². The summed E-state index contributed by atoms with van der Waals surface area (Å²) < 4.78 is 0. The molecule has 1 aromatic rings. The van der Waals surface area contributed by atoms with Gasteiger partial charge in [-0.2, -0.15) is 0 Å². The van der Waals surface area contributed by atoms with Gasteiger partial charge in [0.2, 0.25) is 0 Å². The Morgan fingerprint density at radius 1 is 1.18 bits per heavy atom. The summed E-state index contributed by atoms with van der Waals surface area (Å²) in [7, 11) is 0. The second kappa shape index (κ2) is 7.00. The van der Waals surface area contributed by atoms with E-state index >= 15 is 0 Å². The molecular formula is C14H24ClNO. The number of halogens is 1. The van der Waals surface area contributed by atoms with Crippen LogP contribution in [0.25, 0.3) is 0 Å². The third-order valence-corrected chi connectivity index (χ3v) is 3.07. The Kier molecular flexibility index (Phi) is 6.76. The van der Waals surface area contributed by atoms with Gasteiger partial charge in [-0.1, -0.05) is 31.0 Å². The molecule has 0 fully saturated rings. The number of rotatable bonds is 4. The largest absolute Gasteiger partial charge is 0.391 e. The van der Waals surface area contributed by atoms with Gasteiger partial charge in [-0.05, 0) is 43.9 Å². The Morgan fingerprint density at radius 2 is 1.65 bits per heavy atom. The molecule has 0 aliphatic carbocycles. The summed E-state index contributed by atoms with van der Waals surface area (Å²) in [6, 6.07) is 3.99. The lowest BCUT2D eigenvalue weighted by Gasteiger charge is -2.23. The molecule has 0 aliphatic heterocycles. The van der Waals surface area contributed by atoms with Crippen LogP contribution in [0.2, 0.25) is 0 Å². The van der Waals surface area contributed by atoms with E-state index in [9.17, 15) is 5.11 Å². The SMILES string of the molecule is CCC[C@@H](O)[C@@H](N)c1c(C)cc(C)cc1C.Cl. The summed E-state index contributed by atoms with van der Waals surface area (Å²) in [6.07, 6.45) is 1.28. The molecule has 1 aromatic carbocycles. The lowest BCUT2D eigenvalue weighted by molar-refractivity contribution is 0.134. The maximum atomic E-state index is 9.96. The van der Waals surface area contributed by atoms with Gasteiger partial charge in [0.15, 0.2) is 0 Å². The first-order valence-electron chi connectivity index (χ1n) is 5.98. The molecule has 0 heterocycles. The van der Waals surface area contributed by atoms with Gasteiger partial charge in [-0.15, -0.1) is 12.4 Å². The van der Waals surface area contributed by atoms with Crippen LogP contribution in [0.4, 0.5) is 0 Å². The summed E-state index contributed by atoms with van der Waals surface area (Å²) in [5.74, 6) is 0. The minimum Gasteiger partial charge on any atom is -0.391 e. The molecule has 2 nitrogen and oxygen atoms in total. The van der Waals surface area contributed by atoms with Crippen molar-refractivity contribution in [3.8, 4) is 0 Å². The minimum atomic E-state index is -0.440. The molecule has 0 saturated carbocycles. The molecule has 0 aromatic heterocycles. The van der Waals surface area contributed by atoms with Crippen molar-refractivity contribution in [3.63, 3.8) is 0 Å². The van der Waals surface area contributed by atoms with Gasteiger partial charge in [-0.3, -0.25) is 0 Å². The zero-order valence-electron chi connectivity index (χ0n) is 11.2. The van der Waals surface area contributed by atoms with Crippen molar-refractivity contribution in [1.29, 1.82) is 0 Å². The molecule has 0 saturated heterocycles. The number of hydrogen-bond donors (Lipinski definition) is 2. The minimum absolute atomic E-state index is 0. The maximum absolute atomic E-state index is 9.96. The van der Waals surface area contributed by atoms with Gasteiger partial charge >= 0.3 is 0 Å². The van der Waals surface area contributed by atoms with Crippen LogP contribution in [-0.2, 0) is 0 Å². The van der Waals surface area contributed by atoms with Gasteiger partial charge in [0.25, 0.3) is 0 Å². The monoisotopic (exact) mass is 257 g/mol. The van der Waals surface area contributed by atoms with Crippen molar-refractivity contribution < 1.29 is 5.11 Å². The quantitative estimate of drug-likeness (QED) is 0.870. The van der Waals surface area contributed by atoms with Gasteiger partial charge in [0, 0.05) is 0 Å². The Balaban J connectivity index is 0.00000256. The first-order chi connectivity index (χ1) is 7.47. The molecule has 3 N–H and O–H groups in total. The zero-order chi connectivity index (χ0) is 12.3. The third kappa shape index (κ3) is 3.98. The molecule has 98 valence electrons. The summed E-state index contributed by atoms with van der Waals surface area (Å²) in [5, 5.41) is 9.96. The van der Waals surface area contributed by atoms with E-state index in [1.807, 2.05) is 0 Å². The third-order valence-electron chi connectivity index (χ3n) is 3.07. The number of benzene rings is 1. The number of aliphatic hydroxyl groups is 1. The van der Waals surface area contributed by atoms with E-state index in [4.69, 9.17) is 5.73 Å². The highest BCUT2D eigenvalue weighted by Crippen LogP contribution is 2.25.